The van der Waals surface area contributed by atoms with Gasteiger partial charge >= 0.3 is 0 Å². The minimum Gasteiger partial charge on any atom is -0.495 e. The molecule has 106 valence electrons. The molecule has 1 aromatic rings. The maximum Gasteiger partial charge on any atom is 0.145 e. The van der Waals surface area contributed by atoms with Crippen molar-refractivity contribution >= 4 is 17.3 Å². The summed E-state index contributed by atoms with van der Waals surface area (Å²) in [6, 6.07) is 4.24. The molecule has 0 saturated heterocycles. The third-order valence-electron chi connectivity index (χ3n) is 3.69. The highest BCUT2D eigenvalue weighted by Gasteiger charge is 2.16. The van der Waals surface area contributed by atoms with E-state index in [4.69, 9.17) is 21.1 Å². The highest BCUT2D eigenvalue weighted by Crippen LogP contribution is 2.37. The van der Waals surface area contributed by atoms with Gasteiger partial charge in [-0.2, -0.15) is 0 Å². The first-order valence-electron chi connectivity index (χ1n) is 6.92. The predicted octanol–water partition coefficient (Wildman–Crippen LogP) is 4.49. The Morgan fingerprint density at radius 2 is 1.63 bits per heavy atom. The van der Waals surface area contributed by atoms with Crippen molar-refractivity contribution in [3.63, 3.8) is 0 Å². The lowest BCUT2D eigenvalue weighted by Gasteiger charge is -2.20. The van der Waals surface area contributed by atoms with Crippen molar-refractivity contribution in [1.82, 2.24) is 0 Å². The van der Waals surface area contributed by atoms with Gasteiger partial charge < -0.3 is 14.8 Å². The maximum atomic E-state index is 6.19. The van der Waals surface area contributed by atoms with Crippen molar-refractivity contribution in [2.45, 2.75) is 44.6 Å². The van der Waals surface area contributed by atoms with Gasteiger partial charge in [0.05, 0.1) is 24.9 Å². The summed E-state index contributed by atoms with van der Waals surface area (Å²) in [5.74, 6) is 1.43. The van der Waals surface area contributed by atoms with Crippen LogP contribution in [0.2, 0.25) is 5.02 Å². The van der Waals surface area contributed by atoms with Gasteiger partial charge in [0, 0.05) is 12.1 Å². The van der Waals surface area contributed by atoms with Crippen molar-refractivity contribution in [2.75, 3.05) is 19.5 Å². The van der Waals surface area contributed by atoms with Crippen molar-refractivity contribution in [3.05, 3.63) is 17.2 Å². The second kappa shape index (κ2) is 6.90. The molecule has 1 aliphatic carbocycles. The summed E-state index contributed by atoms with van der Waals surface area (Å²) in [6.45, 7) is 0. The number of benzene rings is 1. The molecule has 0 bridgehead atoms. The Labute approximate surface area is 120 Å². The van der Waals surface area contributed by atoms with Gasteiger partial charge in [-0.15, -0.1) is 0 Å². The van der Waals surface area contributed by atoms with Crippen LogP contribution in [0.5, 0.6) is 11.5 Å². The Morgan fingerprint density at radius 1 is 1.00 bits per heavy atom. The summed E-state index contributed by atoms with van der Waals surface area (Å²) >= 11 is 6.19. The molecule has 2 rings (SSSR count). The maximum absolute atomic E-state index is 6.19. The van der Waals surface area contributed by atoms with Crippen LogP contribution in [0.4, 0.5) is 5.69 Å². The van der Waals surface area contributed by atoms with Crippen molar-refractivity contribution in [3.8, 4) is 11.5 Å². The molecule has 1 saturated carbocycles. The number of hydrogen-bond donors (Lipinski definition) is 1. The van der Waals surface area contributed by atoms with Gasteiger partial charge in [0.1, 0.15) is 11.5 Å². The van der Waals surface area contributed by atoms with Gasteiger partial charge in [-0.3, -0.25) is 0 Å². The minimum absolute atomic E-state index is 0.515. The summed E-state index contributed by atoms with van der Waals surface area (Å²) in [6.07, 6.45) is 7.71. The molecule has 3 nitrogen and oxygen atoms in total. The summed E-state index contributed by atoms with van der Waals surface area (Å²) in [5, 5.41) is 4.18. The van der Waals surface area contributed by atoms with Gasteiger partial charge in [0.15, 0.2) is 0 Å². The van der Waals surface area contributed by atoms with Crippen LogP contribution in [0.3, 0.4) is 0 Å². The van der Waals surface area contributed by atoms with Gasteiger partial charge in [-0.05, 0) is 18.9 Å². The zero-order valence-electron chi connectivity index (χ0n) is 11.7. The first-order valence-corrected chi connectivity index (χ1v) is 7.30. The number of methoxy groups -OCH3 is 2. The summed E-state index contributed by atoms with van der Waals surface area (Å²) in [7, 11) is 3.28. The number of anilines is 1. The number of halogens is 1. The third-order valence-corrected chi connectivity index (χ3v) is 3.98. The van der Waals surface area contributed by atoms with Crippen molar-refractivity contribution in [2.24, 2.45) is 0 Å². The smallest absolute Gasteiger partial charge is 0.145 e. The number of nitrogens with one attached hydrogen (secondary N) is 1. The van der Waals surface area contributed by atoms with E-state index in [0.29, 0.717) is 16.8 Å². The SMILES string of the molecule is COc1cc(OC)c(NC2CCCCCC2)cc1Cl. The van der Waals surface area contributed by atoms with Crippen LogP contribution in [0.15, 0.2) is 12.1 Å². The Kier molecular flexibility index (Phi) is 5.20. The predicted molar refractivity (Wildman–Crippen MR) is 79.7 cm³/mol. The van der Waals surface area contributed by atoms with E-state index in [1.807, 2.05) is 12.1 Å². The summed E-state index contributed by atoms with van der Waals surface area (Å²) in [5.41, 5.74) is 0.959. The first kappa shape index (κ1) is 14.3. The standard InChI is InChI=1S/C15H22ClNO2/c1-18-14-10-15(19-2)13(9-12(14)16)17-11-7-5-3-4-6-8-11/h9-11,17H,3-8H2,1-2H3. The molecular formula is C15H22ClNO2. The highest BCUT2D eigenvalue weighted by molar-refractivity contribution is 6.32. The Bertz CT molecular complexity index is 415. The summed E-state index contributed by atoms with van der Waals surface area (Å²) in [4.78, 5) is 0. The van der Waals surface area contributed by atoms with Crippen LogP contribution in [-0.2, 0) is 0 Å². The van der Waals surface area contributed by atoms with E-state index in [2.05, 4.69) is 5.32 Å². The topological polar surface area (TPSA) is 30.5 Å². The van der Waals surface area contributed by atoms with Crippen LogP contribution < -0.4 is 14.8 Å². The molecule has 1 aliphatic rings. The number of hydrogen-bond acceptors (Lipinski definition) is 3. The zero-order chi connectivity index (χ0) is 13.7. The molecule has 1 N–H and O–H groups in total. The lowest BCUT2D eigenvalue weighted by molar-refractivity contribution is 0.395. The zero-order valence-corrected chi connectivity index (χ0v) is 12.4. The molecule has 0 aromatic heterocycles. The second-order valence-corrected chi connectivity index (χ2v) is 5.43. The van der Waals surface area contributed by atoms with Gasteiger partial charge in [-0.1, -0.05) is 37.3 Å². The average Bonchev–Trinajstić information content (AvgIpc) is 2.68. The summed E-state index contributed by atoms with van der Waals surface area (Å²) < 4.78 is 10.6. The normalized spacial score (nSPS) is 16.8. The largest absolute Gasteiger partial charge is 0.495 e. The molecule has 4 heteroatoms. The van der Waals surface area contributed by atoms with E-state index in [0.717, 1.165) is 11.4 Å². The molecule has 0 aliphatic heterocycles. The molecule has 0 heterocycles. The van der Waals surface area contributed by atoms with E-state index in [-0.39, 0.29) is 0 Å². The first-order chi connectivity index (χ1) is 9.24. The van der Waals surface area contributed by atoms with Crippen LogP contribution in [-0.4, -0.2) is 20.3 Å². The minimum atomic E-state index is 0.515. The fourth-order valence-electron chi connectivity index (χ4n) is 2.62. The van der Waals surface area contributed by atoms with Crippen molar-refractivity contribution < 1.29 is 9.47 Å². The Morgan fingerprint density at radius 3 is 2.21 bits per heavy atom. The third kappa shape index (κ3) is 3.69. The molecule has 0 unspecified atom stereocenters. The van der Waals surface area contributed by atoms with Gasteiger partial charge in [0.2, 0.25) is 0 Å². The van der Waals surface area contributed by atoms with Gasteiger partial charge in [0.25, 0.3) is 0 Å². The van der Waals surface area contributed by atoms with E-state index in [1.54, 1.807) is 14.2 Å². The molecule has 0 radical (unpaired) electrons. The lowest BCUT2D eigenvalue weighted by atomic mass is 10.1. The molecule has 0 spiro atoms. The van der Waals surface area contributed by atoms with Crippen LogP contribution in [0, 0.1) is 0 Å². The lowest BCUT2D eigenvalue weighted by Crippen LogP contribution is -2.18. The molecule has 0 amide bonds. The highest BCUT2D eigenvalue weighted by atomic mass is 35.5. The molecular weight excluding hydrogens is 262 g/mol. The van der Waals surface area contributed by atoms with Crippen LogP contribution in [0.25, 0.3) is 0 Å². The number of rotatable bonds is 4. The average molecular weight is 284 g/mol. The van der Waals surface area contributed by atoms with E-state index >= 15 is 0 Å². The van der Waals surface area contributed by atoms with Crippen LogP contribution in [0.1, 0.15) is 38.5 Å². The second-order valence-electron chi connectivity index (χ2n) is 5.02. The van der Waals surface area contributed by atoms with E-state index in [1.165, 1.54) is 38.5 Å². The van der Waals surface area contributed by atoms with Gasteiger partial charge in [-0.25, -0.2) is 0 Å². The quantitative estimate of drug-likeness (QED) is 0.826. The fourth-order valence-corrected chi connectivity index (χ4v) is 2.86. The monoisotopic (exact) mass is 283 g/mol. The van der Waals surface area contributed by atoms with E-state index in [9.17, 15) is 0 Å². The molecule has 0 atom stereocenters. The fraction of sp³-hybridized carbons (Fsp3) is 0.600. The van der Waals surface area contributed by atoms with Crippen LogP contribution >= 0.6 is 11.6 Å². The van der Waals surface area contributed by atoms with E-state index < -0.39 is 0 Å². The number of ether oxygens (including phenoxy) is 2. The molecule has 1 aromatic carbocycles. The van der Waals surface area contributed by atoms with Crippen molar-refractivity contribution in [1.29, 1.82) is 0 Å². The molecule has 19 heavy (non-hydrogen) atoms. The molecule has 1 fully saturated rings. The Hall–Kier alpha value is -1.09. The Balaban J connectivity index is 2.16.